The fraction of sp³-hybridized carbons (Fsp3) is 0.167. The Morgan fingerprint density at radius 1 is 0.500 bits per heavy atom. The number of nitrogens with zero attached hydrogens (tertiary/aromatic N) is 6. The van der Waals surface area contributed by atoms with Crippen LogP contribution in [0.3, 0.4) is 0 Å². The summed E-state index contributed by atoms with van der Waals surface area (Å²) < 4.78 is 4.43. The van der Waals surface area contributed by atoms with Crippen LogP contribution in [0.25, 0.3) is 0 Å². The van der Waals surface area contributed by atoms with Crippen LogP contribution in [0.5, 0.6) is 0 Å². The minimum atomic E-state index is 0. The molecule has 0 N–H and O–H groups in total. The Labute approximate surface area is 273 Å². The molecule has 0 saturated carbocycles. The molecule has 3 aromatic carbocycles. The molecule has 0 amide bonds. The van der Waals surface area contributed by atoms with E-state index in [9.17, 15) is 0 Å². The maximum atomic E-state index is 4.77. The molecule has 44 heavy (non-hydrogen) atoms. The topological polar surface area (TPSA) is 39.0 Å². The number of halogens is 2. The van der Waals surface area contributed by atoms with Crippen molar-refractivity contribution in [2.45, 2.75) is 26.9 Å². The number of para-hydroxylation sites is 2. The zero-order valence-corrected chi connectivity index (χ0v) is 27.1. The Hall–Kier alpha value is -4.52. The molecule has 2 heterocycles. The molecular formula is C36H38Cl2N6. The Kier molecular flexibility index (Phi) is 12.6. The summed E-state index contributed by atoms with van der Waals surface area (Å²) in [7, 11) is 3.95. The van der Waals surface area contributed by atoms with Crippen LogP contribution in [-0.2, 0) is 13.1 Å². The van der Waals surface area contributed by atoms with E-state index in [2.05, 4.69) is 107 Å². The number of hydrogen-bond donors (Lipinski definition) is 0. The molecule has 0 fully saturated rings. The van der Waals surface area contributed by atoms with Gasteiger partial charge in [0.15, 0.2) is 37.9 Å². The molecule has 0 spiro atoms. The molecule has 5 aromatic rings. The molecule has 0 saturated heterocycles. The van der Waals surface area contributed by atoms with Gasteiger partial charge in [0.25, 0.3) is 0 Å². The van der Waals surface area contributed by atoms with Crippen LogP contribution in [0, 0.1) is 0 Å². The van der Waals surface area contributed by atoms with Gasteiger partial charge in [-0.25, -0.2) is 9.13 Å². The van der Waals surface area contributed by atoms with Crippen LogP contribution < -0.4 is 44.0 Å². The summed E-state index contributed by atoms with van der Waals surface area (Å²) >= 11 is 0. The first-order chi connectivity index (χ1) is 20.5. The fourth-order valence-electron chi connectivity index (χ4n) is 4.84. The van der Waals surface area contributed by atoms with Crippen LogP contribution in [0.2, 0.25) is 0 Å². The summed E-state index contributed by atoms with van der Waals surface area (Å²) in [6, 6.07) is 37.5. The van der Waals surface area contributed by atoms with Gasteiger partial charge in [-0.3, -0.25) is 10.0 Å². The normalized spacial score (nSPS) is 11.3. The fourth-order valence-corrected chi connectivity index (χ4v) is 4.84. The smallest absolute Gasteiger partial charge is 0.174 e. The van der Waals surface area contributed by atoms with Gasteiger partial charge in [-0.1, -0.05) is 60.7 Å². The van der Waals surface area contributed by atoms with Gasteiger partial charge >= 0.3 is 0 Å². The van der Waals surface area contributed by atoms with E-state index in [1.54, 1.807) is 0 Å². The molecule has 5 rings (SSSR count). The van der Waals surface area contributed by atoms with Gasteiger partial charge in [0.1, 0.15) is 0 Å². The highest BCUT2D eigenvalue weighted by molar-refractivity contribution is 5.99. The number of pyridine rings is 2. The van der Waals surface area contributed by atoms with Gasteiger partial charge in [-0.05, 0) is 38.1 Å². The largest absolute Gasteiger partial charge is 1.00 e. The second kappa shape index (κ2) is 16.4. The highest BCUT2D eigenvalue weighted by atomic mass is 35.5. The lowest BCUT2D eigenvalue weighted by Crippen LogP contribution is -3.00. The van der Waals surface area contributed by atoms with Crippen molar-refractivity contribution in [3.8, 4) is 0 Å². The molecule has 0 atom stereocenters. The molecule has 0 aliphatic rings. The Balaban J connectivity index is 0.00000264. The predicted molar refractivity (Wildman–Crippen MR) is 172 cm³/mol. The van der Waals surface area contributed by atoms with Gasteiger partial charge in [0.2, 0.25) is 0 Å². The first-order valence-electron chi connectivity index (χ1n) is 14.2. The average Bonchev–Trinajstić information content (AvgIpc) is 3.03. The van der Waals surface area contributed by atoms with Crippen molar-refractivity contribution < 1.29 is 33.9 Å². The Morgan fingerprint density at radius 2 is 0.818 bits per heavy atom. The van der Waals surface area contributed by atoms with Crippen molar-refractivity contribution in [2.75, 3.05) is 24.1 Å². The lowest BCUT2D eigenvalue weighted by Gasteiger charge is -2.14. The van der Waals surface area contributed by atoms with Gasteiger partial charge in [0, 0.05) is 60.6 Å². The standard InChI is InChI=1S/C36H38N6.2ClH/c1-29(37-39(3)35-15-7-5-8-16-35)31-19-23-41(24-20-31)27-33-13-11-12-14-34(33)28-42-25-21-32(22-26-42)30(2)38-40(4)36-17-9-6-10-18-36;;/h5-26H,27-28H2,1-4H3;2*1H/q+2;;/p-2. The molecule has 0 aliphatic heterocycles. The third-order valence-corrected chi connectivity index (χ3v) is 7.30. The van der Waals surface area contributed by atoms with Crippen molar-refractivity contribution in [2.24, 2.45) is 10.2 Å². The predicted octanol–water partition coefficient (Wildman–Crippen LogP) is 0.0870. The van der Waals surface area contributed by atoms with Gasteiger partial charge in [-0.2, -0.15) is 10.2 Å². The first kappa shape index (κ1) is 34.0. The number of benzene rings is 3. The van der Waals surface area contributed by atoms with Crippen LogP contribution in [0.15, 0.2) is 144 Å². The summed E-state index contributed by atoms with van der Waals surface area (Å²) in [5.74, 6) is 0. The minimum absolute atomic E-state index is 0. The molecule has 226 valence electrons. The molecule has 2 aromatic heterocycles. The summed E-state index contributed by atoms with van der Waals surface area (Å²) in [6.07, 6.45) is 8.52. The van der Waals surface area contributed by atoms with E-state index in [4.69, 9.17) is 10.2 Å². The Morgan fingerprint density at radius 3 is 1.16 bits per heavy atom. The summed E-state index contributed by atoms with van der Waals surface area (Å²) in [5, 5.41) is 13.4. The van der Waals surface area contributed by atoms with Gasteiger partial charge < -0.3 is 24.8 Å². The monoisotopic (exact) mass is 624 g/mol. The second-order valence-electron chi connectivity index (χ2n) is 10.4. The Bertz CT molecular complexity index is 1530. The van der Waals surface area contributed by atoms with E-state index in [0.29, 0.717) is 0 Å². The molecule has 0 aliphatic carbocycles. The first-order valence-corrected chi connectivity index (χ1v) is 14.2. The SMILES string of the molecule is C/C(=N\N(C)c1ccccc1)c1cc[n+](Cc2ccccc2C[n+]2ccc(/C(C)=N/N(C)c3ccccc3)cc2)cc1.[Cl-].[Cl-]. The maximum absolute atomic E-state index is 4.77. The van der Waals surface area contributed by atoms with Crippen molar-refractivity contribution in [3.63, 3.8) is 0 Å². The number of aromatic nitrogens is 2. The second-order valence-corrected chi connectivity index (χ2v) is 10.4. The molecule has 8 heteroatoms. The zero-order chi connectivity index (χ0) is 29.3. The highest BCUT2D eigenvalue weighted by Gasteiger charge is 2.13. The summed E-state index contributed by atoms with van der Waals surface area (Å²) in [6.45, 7) is 5.69. The van der Waals surface area contributed by atoms with Crippen LogP contribution in [-0.4, -0.2) is 25.5 Å². The number of rotatable bonds is 10. The number of anilines is 2. The van der Waals surface area contributed by atoms with E-state index in [1.807, 2.05) is 74.4 Å². The quantitative estimate of drug-likeness (QED) is 0.126. The lowest BCUT2D eigenvalue weighted by molar-refractivity contribution is -0.693. The van der Waals surface area contributed by atoms with Crippen molar-refractivity contribution in [1.82, 2.24) is 0 Å². The molecule has 0 bridgehead atoms. The van der Waals surface area contributed by atoms with Crippen molar-refractivity contribution >= 4 is 22.8 Å². The van der Waals surface area contributed by atoms with Gasteiger partial charge in [0.05, 0.1) is 22.8 Å². The lowest BCUT2D eigenvalue weighted by atomic mass is 10.1. The average molecular weight is 626 g/mol. The van der Waals surface area contributed by atoms with Crippen molar-refractivity contribution in [1.29, 1.82) is 0 Å². The summed E-state index contributed by atoms with van der Waals surface area (Å²) in [5.41, 5.74) is 8.86. The van der Waals surface area contributed by atoms with E-state index >= 15 is 0 Å². The minimum Gasteiger partial charge on any atom is -1.00 e. The van der Waals surface area contributed by atoms with E-state index < -0.39 is 0 Å². The third-order valence-electron chi connectivity index (χ3n) is 7.30. The maximum Gasteiger partial charge on any atom is 0.174 e. The third kappa shape index (κ3) is 8.99. The van der Waals surface area contributed by atoms with Crippen LogP contribution >= 0.6 is 0 Å². The number of hydrogen-bond acceptors (Lipinski definition) is 4. The molecule has 0 radical (unpaired) electrons. The molecular weight excluding hydrogens is 587 g/mol. The van der Waals surface area contributed by atoms with Gasteiger partial charge in [-0.15, -0.1) is 0 Å². The van der Waals surface area contributed by atoms with E-state index in [-0.39, 0.29) is 24.8 Å². The van der Waals surface area contributed by atoms with Crippen LogP contribution in [0.1, 0.15) is 36.1 Å². The highest BCUT2D eigenvalue weighted by Crippen LogP contribution is 2.14. The number of hydrazone groups is 2. The van der Waals surface area contributed by atoms with E-state index in [0.717, 1.165) is 47.0 Å². The zero-order valence-electron chi connectivity index (χ0n) is 25.6. The van der Waals surface area contributed by atoms with E-state index in [1.165, 1.54) is 11.1 Å². The van der Waals surface area contributed by atoms with Crippen LogP contribution in [0.4, 0.5) is 11.4 Å². The molecule has 6 nitrogen and oxygen atoms in total. The van der Waals surface area contributed by atoms with Crippen molar-refractivity contribution in [3.05, 3.63) is 156 Å². The summed E-state index contributed by atoms with van der Waals surface area (Å²) in [4.78, 5) is 0. The molecule has 0 unspecified atom stereocenters.